The van der Waals surface area contributed by atoms with Crippen LogP contribution >= 0.6 is 11.3 Å². The second-order valence-corrected chi connectivity index (χ2v) is 6.06. The zero-order chi connectivity index (χ0) is 13.8. The van der Waals surface area contributed by atoms with Crippen LogP contribution in [0.5, 0.6) is 0 Å². The quantitative estimate of drug-likeness (QED) is 0.933. The average Bonchev–Trinajstić information content (AvgIpc) is 2.97. The number of piperazine rings is 1. The molecule has 5 heteroatoms. The maximum absolute atomic E-state index is 4.70. The summed E-state index contributed by atoms with van der Waals surface area (Å²) in [5.74, 6) is 0. The summed E-state index contributed by atoms with van der Waals surface area (Å²) in [4.78, 5) is 7.06. The fourth-order valence-corrected chi connectivity index (χ4v) is 3.01. The van der Waals surface area contributed by atoms with Gasteiger partial charge in [-0.25, -0.2) is 15.4 Å². The van der Waals surface area contributed by atoms with Gasteiger partial charge in [-0.15, -0.1) is 11.3 Å². The van der Waals surface area contributed by atoms with Crippen LogP contribution in [0.4, 0.5) is 0 Å². The van der Waals surface area contributed by atoms with Crippen molar-refractivity contribution in [2.75, 3.05) is 33.2 Å². The first-order valence-corrected chi connectivity index (χ1v) is 7.86. The number of rotatable bonds is 4. The summed E-state index contributed by atoms with van der Waals surface area (Å²) in [5.41, 5.74) is 5.74. The number of nitrogens with one attached hydrogen (secondary N) is 1. The molecular formula is C15H20N4S. The van der Waals surface area contributed by atoms with Crippen LogP contribution in [-0.4, -0.2) is 48.1 Å². The Morgan fingerprint density at radius 2 is 1.90 bits per heavy atom. The highest BCUT2D eigenvalue weighted by Crippen LogP contribution is 2.21. The highest BCUT2D eigenvalue weighted by atomic mass is 32.1. The molecule has 0 atom stereocenters. The summed E-state index contributed by atoms with van der Waals surface area (Å²) < 4.78 is 0. The molecule has 1 N–H and O–H groups in total. The number of hydrazine groups is 1. The third-order valence-corrected chi connectivity index (χ3v) is 4.43. The van der Waals surface area contributed by atoms with Crippen molar-refractivity contribution >= 4 is 11.3 Å². The van der Waals surface area contributed by atoms with Gasteiger partial charge in [0.15, 0.2) is 0 Å². The van der Waals surface area contributed by atoms with Gasteiger partial charge >= 0.3 is 0 Å². The fraction of sp³-hybridized carbons (Fsp3) is 0.400. The number of likely N-dealkylation sites (N-methyl/N-ethyl adjacent to an activating group) is 1. The zero-order valence-corrected chi connectivity index (χ0v) is 12.6. The van der Waals surface area contributed by atoms with E-state index < -0.39 is 0 Å². The average molecular weight is 288 g/mol. The smallest absolute Gasteiger partial charge is 0.109 e. The second-order valence-electron chi connectivity index (χ2n) is 5.12. The minimum Gasteiger partial charge on any atom is -0.304 e. The van der Waals surface area contributed by atoms with Crippen LogP contribution in [0.25, 0.3) is 11.3 Å². The maximum atomic E-state index is 4.70. The fourth-order valence-electron chi connectivity index (χ4n) is 2.28. The molecule has 106 valence electrons. The van der Waals surface area contributed by atoms with Crippen LogP contribution in [0, 0.1) is 0 Å². The molecule has 0 saturated carbocycles. The van der Waals surface area contributed by atoms with Crippen LogP contribution in [0.1, 0.15) is 5.01 Å². The Kier molecular flexibility index (Phi) is 4.42. The Morgan fingerprint density at radius 3 is 2.65 bits per heavy atom. The van der Waals surface area contributed by atoms with Gasteiger partial charge < -0.3 is 4.90 Å². The van der Waals surface area contributed by atoms with Crippen molar-refractivity contribution in [2.24, 2.45) is 0 Å². The van der Waals surface area contributed by atoms with Gasteiger partial charge in [0.05, 0.1) is 12.2 Å². The first-order valence-electron chi connectivity index (χ1n) is 6.98. The number of benzene rings is 1. The van der Waals surface area contributed by atoms with Gasteiger partial charge in [-0.3, -0.25) is 0 Å². The standard InChI is InChI=1S/C15H20N4S/c1-18-7-9-19(10-8-18)16-11-15-17-14(12-20-15)13-5-3-2-4-6-13/h2-6,12,16H,7-11H2,1H3. The summed E-state index contributed by atoms with van der Waals surface area (Å²) in [6.45, 7) is 5.22. The van der Waals surface area contributed by atoms with E-state index in [1.54, 1.807) is 11.3 Å². The molecule has 1 aliphatic heterocycles. The molecule has 1 aliphatic rings. The molecule has 1 aromatic carbocycles. The molecular weight excluding hydrogens is 268 g/mol. The van der Waals surface area contributed by atoms with Gasteiger partial charge in [0.25, 0.3) is 0 Å². The molecule has 0 radical (unpaired) electrons. The van der Waals surface area contributed by atoms with Crippen LogP contribution < -0.4 is 5.43 Å². The lowest BCUT2D eigenvalue weighted by atomic mass is 10.2. The molecule has 0 spiro atoms. The van der Waals surface area contributed by atoms with Crippen LogP contribution in [0.3, 0.4) is 0 Å². The Morgan fingerprint density at radius 1 is 1.15 bits per heavy atom. The highest BCUT2D eigenvalue weighted by molar-refractivity contribution is 7.09. The van der Waals surface area contributed by atoms with Crippen molar-refractivity contribution in [3.05, 3.63) is 40.7 Å². The van der Waals surface area contributed by atoms with Crippen molar-refractivity contribution in [1.82, 2.24) is 20.3 Å². The SMILES string of the molecule is CN1CCN(NCc2nc(-c3ccccc3)cs2)CC1. The molecule has 2 heterocycles. The Balaban J connectivity index is 1.55. The number of nitrogens with zero attached hydrogens (tertiary/aromatic N) is 3. The third-order valence-electron chi connectivity index (χ3n) is 3.58. The van der Waals surface area contributed by atoms with Gasteiger partial charge in [-0.1, -0.05) is 30.3 Å². The first-order chi connectivity index (χ1) is 9.81. The van der Waals surface area contributed by atoms with E-state index in [2.05, 4.69) is 52.0 Å². The Hall–Kier alpha value is -1.27. The number of aromatic nitrogens is 1. The zero-order valence-electron chi connectivity index (χ0n) is 11.7. The summed E-state index contributed by atoms with van der Waals surface area (Å²) in [7, 11) is 2.17. The highest BCUT2D eigenvalue weighted by Gasteiger charge is 2.13. The maximum Gasteiger partial charge on any atom is 0.109 e. The molecule has 3 rings (SSSR count). The molecule has 20 heavy (non-hydrogen) atoms. The Bertz CT molecular complexity index is 532. The summed E-state index contributed by atoms with van der Waals surface area (Å²) in [5, 5.41) is 5.57. The number of hydrogen-bond donors (Lipinski definition) is 1. The first kappa shape index (κ1) is 13.7. The molecule has 1 aromatic heterocycles. The van der Waals surface area contributed by atoms with Crippen molar-refractivity contribution < 1.29 is 0 Å². The summed E-state index contributed by atoms with van der Waals surface area (Å²) in [6.07, 6.45) is 0. The van der Waals surface area contributed by atoms with Gasteiger partial charge in [0.2, 0.25) is 0 Å². The minimum atomic E-state index is 0.821. The molecule has 1 fully saturated rings. The van der Waals surface area contributed by atoms with Gasteiger partial charge in [0.1, 0.15) is 5.01 Å². The van der Waals surface area contributed by atoms with E-state index in [9.17, 15) is 0 Å². The molecule has 0 unspecified atom stereocenters. The van der Waals surface area contributed by atoms with E-state index in [4.69, 9.17) is 4.98 Å². The minimum absolute atomic E-state index is 0.821. The van der Waals surface area contributed by atoms with E-state index in [0.29, 0.717) is 0 Å². The van der Waals surface area contributed by atoms with Crippen molar-refractivity contribution in [1.29, 1.82) is 0 Å². The molecule has 0 bridgehead atoms. The predicted octanol–water partition coefficient (Wildman–Crippen LogP) is 2.06. The number of hydrogen-bond acceptors (Lipinski definition) is 5. The molecule has 1 saturated heterocycles. The molecule has 0 amide bonds. The Labute approximate surface area is 124 Å². The molecule has 0 aliphatic carbocycles. The van der Waals surface area contributed by atoms with Crippen molar-refractivity contribution in [3.8, 4) is 11.3 Å². The van der Waals surface area contributed by atoms with Crippen molar-refractivity contribution in [3.63, 3.8) is 0 Å². The topological polar surface area (TPSA) is 31.4 Å². The van der Waals surface area contributed by atoms with Crippen molar-refractivity contribution in [2.45, 2.75) is 6.54 Å². The van der Waals surface area contributed by atoms with Gasteiger partial charge in [-0.05, 0) is 7.05 Å². The van der Waals surface area contributed by atoms with E-state index in [0.717, 1.165) is 43.4 Å². The van der Waals surface area contributed by atoms with Crippen LogP contribution in [-0.2, 0) is 6.54 Å². The van der Waals surface area contributed by atoms with E-state index >= 15 is 0 Å². The van der Waals surface area contributed by atoms with E-state index in [1.807, 2.05) is 6.07 Å². The van der Waals surface area contributed by atoms with E-state index in [-0.39, 0.29) is 0 Å². The largest absolute Gasteiger partial charge is 0.304 e. The summed E-state index contributed by atoms with van der Waals surface area (Å²) in [6, 6.07) is 10.3. The van der Waals surface area contributed by atoms with Crippen LogP contribution in [0.2, 0.25) is 0 Å². The lowest BCUT2D eigenvalue weighted by molar-refractivity contribution is 0.102. The van der Waals surface area contributed by atoms with E-state index in [1.165, 1.54) is 5.56 Å². The number of thiazole rings is 1. The third kappa shape index (κ3) is 3.43. The van der Waals surface area contributed by atoms with Gasteiger partial charge in [-0.2, -0.15) is 0 Å². The predicted molar refractivity (Wildman–Crippen MR) is 83.5 cm³/mol. The lowest BCUT2D eigenvalue weighted by Crippen LogP contribution is -2.50. The molecule has 4 nitrogen and oxygen atoms in total. The molecule has 2 aromatic rings. The van der Waals surface area contributed by atoms with Crippen LogP contribution in [0.15, 0.2) is 35.7 Å². The monoisotopic (exact) mass is 288 g/mol. The lowest BCUT2D eigenvalue weighted by Gasteiger charge is -2.32. The summed E-state index contributed by atoms with van der Waals surface area (Å²) >= 11 is 1.72. The normalized spacial score (nSPS) is 17.4. The van der Waals surface area contributed by atoms with Gasteiger partial charge in [0, 0.05) is 37.1 Å². The second kappa shape index (κ2) is 6.45.